The van der Waals surface area contributed by atoms with Crippen molar-refractivity contribution in [2.24, 2.45) is 5.73 Å². The summed E-state index contributed by atoms with van der Waals surface area (Å²) in [6.45, 7) is 0.789. The van der Waals surface area contributed by atoms with E-state index in [-0.39, 0.29) is 12.6 Å². The minimum atomic E-state index is -1.01. The largest absolute Gasteiger partial charge is 0.480 e. The molecule has 0 aliphatic carbocycles. The van der Waals surface area contributed by atoms with Gasteiger partial charge in [0.2, 0.25) is 0 Å². The van der Waals surface area contributed by atoms with Crippen LogP contribution in [0.4, 0.5) is 0 Å². The third-order valence-corrected chi connectivity index (χ3v) is 3.30. The van der Waals surface area contributed by atoms with Gasteiger partial charge in [-0.25, -0.2) is 0 Å². The van der Waals surface area contributed by atoms with E-state index in [0.717, 1.165) is 17.4 Å². The third kappa shape index (κ3) is 6.03. The minimum Gasteiger partial charge on any atom is -0.480 e. The van der Waals surface area contributed by atoms with Crippen LogP contribution in [0, 0.1) is 0 Å². The monoisotopic (exact) mass is 293 g/mol. The fourth-order valence-electron chi connectivity index (χ4n) is 1.85. The predicted octanol–water partition coefficient (Wildman–Crippen LogP) is -0.140. The molecule has 0 radical (unpaired) electrons. The lowest BCUT2D eigenvalue weighted by Crippen LogP contribution is -2.40. The first-order chi connectivity index (χ1) is 9.93. The molecule has 21 heavy (non-hydrogen) atoms. The molecule has 6 nitrogen and oxygen atoms in total. The quantitative estimate of drug-likeness (QED) is 0.549. The Kier molecular flexibility index (Phi) is 7.01. The number of hydrogen-bond acceptors (Lipinski definition) is 5. The number of likely N-dealkylation sites (N-methyl/N-ethyl adjacent to an activating group) is 1. The van der Waals surface area contributed by atoms with Crippen LogP contribution < -0.4 is 11.1 Å². The summed E-state index contributed by atoms with van der Waals surface area (Å²) in [5.74, 6) is -1.01. The van der Waals surface area contributed by atoms with Gasteiger partial charge in [0.1, 0.15) is 12.3 Å². The van der Waals surface area contributed by atoms with E-state index in [1.807, 2.05) is 43.3 Å². The Labute approximate surface area is 124 Å². The van der Waals surface area contributed by atoms with E-state index in [1.54, 1.807) is 0 Å². The number of carboxylic acid groups (broad SMARTS) is 1. The van der Waals surface area contributed by atoms with E-state index >= 15 is 0 Å². The fraction of sp³-hybridized carbons (Fsp3) is 0.467. The van der Waals surface area contributed by atoms with Crippen molar-refractivity contribution in [3.8, 4) is 0 Å². The summed E-state index contributed by atoms with van der Waals surface area (Å²) in [5, 5.41) is 11.7. The van der Waals surface area contributed by atoms with E-state index in [4.69, 9.17) is 10.8 Å². The summed E-state index contributed by atoms with van der Waals surface area (Å²) in [6, 6.07) is 6.88. The molecule has 1 aromatic rings. The number of hydrogen-bond donors (Lipinski definition) is 3. The number of carbonyl (C=O) groups excluding carboxylic acids is 1. The van der Waals surface area contributed by atoms with E-state index < -0.39 is 12.0 Å². The molecule has 0 aliphatic rings. The number of nitrogens with zero attached hydrogens (tertiary/aromatic N) is 1. The van der Waals surface area contributed by atoms with Crippen molar-refractivity contribution in [2.45, 2.75) is 25.0 Å². The van der Waals surface area contributed by atoms with Crippen LogP contribution in [-0.4, -0.2) is 55.0 Å². The summed E-state index contributed by atoms with van der Waals surface area (Å²) < 4.78 is 0. The van der Waals surface area contributed by atoms with Crippen molar-refractivity contribution in [2.75, 3.05) is 20.6 Å². The maximum absolute atomic E-state index is 11.0. The molecule has 0 spiro atoms. The highest BCUT2D eigenvalue weighted by Crippen LogP contribution is 2.08. The molecule has 2 unspecified atom stereocenters. The van der Waals surface area contributed by atoms with E-state index in [9.17, 15) is 9.59 Å². The average molecular weight is 293 g/mol. The standard InChI is InChI=1S/C15H23N3O3/c1-18(2)13(10-19)7-11-3-5-12(6-4-11)8-17-9-14(16)15(20)21/h3-6,10,13-14,17H,7-9,16H2,1-2H3,(H,20,21). The Morgan fingerprint density at radius 3 is 2.38 bits per heavy atom. The van der Waals surface area contributed by atoms with Crippen molar-refractivity contribution < 1.29 is 14.7 Å². The zero-order valence-corrected chi connectivity index (χ0v) is 12.5. The average Bonchev–Trinajstić information content (AvgIpc) is 2.45. The Morgan fingerprint density at radius 1 is 1.33 bits per heavy atom. The van der Waals surface area contributed by atoms with Gasteiger partial charge >= 0.3 is 5.97 Å². The number of nitrogens with one attached hydrogen (secondary N) is 1. The molecule has 4 N–H and O–H groups in total. The van der Waals surface area contributed by atoms with Gasteiger partial charge in [-0.2, -0.15) is 0 Å². The van der Waals surface area contributed by atoms with Crippen molar-refractivity contribution in [3.63, 3.8) is 0 Å². The molecule has 2 atom stereocenters. The van der Waals surface area contributed by atoms with Crippen LogP contribution in [0.5, 0.6) is 0 Å². The Morgan fingerprint density at radius 2 is 1.90 bits per heavy atom. The lowest BCUT2D eigenvalue weighted by Gasteiger charge is -2.18. The van der Waals surface area contributed by atoms with Crippen molar-refractivity contribution >= 4 is 12.3 Å². The molecule has 1 rings (SSSR count). The van der Waals surface area contributed by atoms with Crippen LogP contribution in [0.2, 0.25) is 0 Å². The van der Waals surface area contributed by atoms with Crippen LogP contribution in [-0.2, 0) is 22.6 Å². The molecule has 0 bridgehead atoms. The first-order valence-corrected chi connectivity index (χ1v) is 6.82. The molecule has 1 aromatic carbocycles. The van der Waals surface area contributed by atoms with Gasteiger partial charge in [0.05, 0.1) is 6.04 Å². The second kappa shape index (κ2) is 8.51. The summed E-state index contributed by atoms with van der Waals surface area (Å²) in [7, 11) is 3.76. The number of aliphatic carboxylic acids is 1. The molecule has 0 saturated heterocycles. The van der Waals surface area contributed by atoms with Crippen molar-refractivity contribution in [1.29, 1.82) is 0 Å². The number of nitrogens with two attached hydrogens (primary N) is 1. The van der Waals surface area contributed by atoms with Gasteiger partial charge in [0, 0.05) is 13.1 Å². The number of carboxylic acids is 1. The van der Waals surface area contributed by atoms with Crippen molar-refractivity contribution in [1.82, 2.24) is 10.2 Å². The van der Waals surface area contributed by atoms with E-state index in [1.165, 1.54) is 0 Å². The first-order valence-electron chi connectivity index (χ1n) is 6.82. The van der Waals surface area contributed by atoms with Crippen molar-refractivity contribution in [3.05, 3.63) is 35.4 Å². The van der Waals surface area contributed by atoms with Crippen LogP contribution in [0.3, 0.4) is 0 Å². The van der Waals surface area contributed by atoms with Gasteiger partial charge in [-0.3, -0.25) is 9.69 Å². The lowest BCUT2D eigenvalue weighted by atomic mass is 10.0. The fourth-order valence-corrected chi connectivity index (χ4v) is 1.85. The number of carbonyl (C=O) groups is 2. The predicted molar refractivity (Wildman–Crippen MR) is 81.0 cm³/mol. The molecule has 0 heterocycles. The minimum absolute atomic E-state index is 0.123. The second-order valence-electron chi connectivity index (χ2n) is 5.26. The molecule has 0 aromatic heterocycles. The van der Waals surface area contributed by atoms with Crippen LogP contribution >= 0.6 is 0 Å². The summed E-state index contributed by atoms with van der Waals surface area (Å²) in [5.41, 5.74) is 7.54. The van der Waals surface area contributed by atoms with Gasteiger partial charge < -0.3 is 21.0 Å². The lowest BCUT2D eigenvalue weighted by molar-refractivity contribution is -0.138. The summed E-state index contributed by atoms with van der Waals surface area (Å²) in [4.78, 5) is 23.4. The second-order valence-corrected chi connectivity index (χ2v) is 5.26. The van der Waals surface area contributed by atoms with Crippen LogP contribution in [0.1, 0.15) is 11.1 Å². The zero-order valence-electron chi connectivity index (χ0n) is 12.5. The number of rotatable bonds is 9. The first kappa shape index (κ1) is 17.3. The summed E-state index contributed by atoms with van der Waals surface area (Å²) >= 11 is 0. The Bertz CT molecular complexity index is 460. The smallest absolute Gasteiger partial charge is 0.321 e. The topological polar surface area (TPSA) is 95.7 Å². The summed E-state index contributed by atoms with van der Waals surface area (Å²) in [6.07, 6.45) is 1.62. The van der Waals surface area contributed by atoms with Crippen LogP contribution in [0.15, 0.2) is 24.3 Å². The third-order valence-electron chi connectivity index (χ3n) is 3.30. The molecule has 6 heteroatoms. The highest BCUT2D eigenvalue weighted by molar-refractivity contribution is 5.73. The molecule has 0 fully saturated rings. The van der Waals surface area contributed by atoms with Gasteiger partial charge in [-0.1, -0.05) is 24.3 Å². The Balaban J connectivity index is 2.47. The maximum Gasteiger partial charge on any atom is 0.321 e. The number of aldehydes is 1. The Hall–Kier alpha value is -1.76. The molecule has 116 valence electrons. The van der Waals surface area contributed by atoms with E-state index in [0.29, 0.717) is 13.0 Å². The highest BCUT2D eigenvalue weighted by atomic mass is 16.4. The SMILES string of the molecule is CN(C)C(C=O)Cc1ccc(CNCC(N)C(=O)O)cc1. The molecule has 0 saturated carbocycles. The molecular weight excluding hydrogens is 270 g/mol. The van der Waals surface area contributed by atoms with Gasteiger partial charge in [0.25, 0.3) is 0 Å². The molecular formula is C15H23N3O3. The van der Waals surface area contributed by atoms with E-state index in [2.05, 4.69) is 5.32 Å². The highest BCUT2D eigenvalue weighted by Gasteiger charge is 2.11. The maximum atomic E-state index is 11.0. The molecule has 0 amide bonds. The van der Waals surface area contributed by atoms with Gasteiger partial charge in [-0.15, -0.1) is 0 Å². The molecule has 0 aliphatic heterocycles. The van der Waals surface area contributed by atoms with Crippen LogP contribution in [0.25, 0.3) is 0 Å². The van der Waals surface area contributed by atoms with Gasteiger partial charge in [0.15, 0.2) is 0 Å². The van der Waals surface area contributed by atoms with Gasteiger partial charge in [-0.05, 0) is 31.6 Å². The zero-order chi connectivity index (χ0) is 15.8. The number of benzene rings is 1. The normalized spacial score (nSPS) is 13.9.